The maximum atomic E-state index is 12.0. The van der Waals surface area contributed by atoms with Gasteiger partial charge in [-0.2, -0.15) is 0 Å². The van der Waals surface area contributed by atoms with Crippen LogP contribution >= 0.6 is 0 Å². The molecular weight excluding hydrogens is 244 g/mol. The molecule has 1 heteroatoms. The lowest BCUT2D eigenvalue weighted by Gasteiger charge is -2.29. The molecule has 2 aromatic rings. The Balaban J connectivity index is 1.43. The normalized spacial score (nSPS) is 16.3. The van der Waals surface area contributed by atoms with Gasteiger partial charge in [-0.05, 0) is 41.9 Å². The monoisotopic (exact) mass is 264 g/mol. The van der Waals surface area contributed by atoms with Gasteiger partial charge in [0.1, 0.15) is 5.78 Å². The Kier molecular flexibility index (Phi) is 3.96. The van der Waals surface area contributed by atoms with Crippen LogP contribution in [0.5, 0.6) is 0 Å². The molecule has 0 spiro atoms. The predicted molar refractivity (Wildman–Crippen MR) is 81.9 cm³/mol. The van der Waals surface area contributed by atoms with E-state index in [0.717, 1.165) is 25.7 Å². The summed E-state index contributed by atoms with van der Waals surface area (Å²) in [6.07, 6.45) is 4.50. The van der Waals surface area contributed by atoms with Crippen molar-refractivity contribution in [3.05, 3.63) is 71.3 Å². The van der Waals surface area contributed by atoms with Crippen LogP contribution in [0.25, 0.3) is 0 Å². The van der Waals surface area contributed by atoms with Crippen LogP contribution in [0.4, 0.5) is 0 Å². The first-order chi connectivity index (χ1) is 9.83. The maximum absolute atomic E-state index is 12.0. The summed E-state index contributed by atoms with van der Waals surface area (Å²) in [5.41, 5.74) is 4.15. The van der Waals surface area contributed by atoms with Crippen molar-refractivity contribution in [1.29, 1.82) is 0 Å². The van der Waals surface area contributed by atoms with E-state index in [0.29, 0.717) is 18.1 Å². The molecule has 102 valence electrons. The van der Waals surface area contributed by atoms with Gasteiger partial charge in [-0.15, -0.1) is 0 Å². The van der Waals surface area contributed by atoms with Crippen molar-refractivity contribution in [2.24, 2.45) is 0 Å². The predicted octanol–water partition coefficient (Wildman–Crippen LogP) is 4.31. The number of hydrogen-bond donors (Lipinski definition) is 0. The second-order valence-corrected chi connectivity index (χ2v) is 5.68. The van der Waals surface area contributed by atoms with E-state index in [-0.39, 0.29) is 0 Å². The van der Waals surface area contributed by atoms with Crippen LogP contribution in [-0.2, 0) is 17.6 Å². The molecule has 0 saturated carbocycles. The number of fused-ring (bicyclic) bond motifs is 1. The summed E-state index contributed by atoms with van der Waals surface area (Å²) in [4.78, 5) is 12.0. The molecule has 0 aromatic heterocycles. The van der Waals surface area contributed by atoms with Crippen LogP contribution in [0.3, 0.4) is 0 Å². The van der Waals surface area contributed by atoms with E-state index < -0.39 is 0 Å². The van der Waals surface area contributed by atoms with Gasteiger partial charge in [-0.1, -0.05) is 54.6 Å². The van der Waals surface area contributed by atoms with Crippen LogP contribution in [-0.4, -0.2) is 5.78 Å². The summed E-state index contributed by atoms with van der Waals surface area (Å²) >= 11 is 0. The van der Waals surface area contributed by atoms with Crippen molar-refractivity contribution >= 4 is 5.78 Å². The summed E-state index contributed by atoms with van der Waals surface area (Å²) in [7, 11) is 0. The molecule has 1 atom stereocenters. The van der Waals surface area contributed by atoms with E-state index in [9.17, 15) is 4.79 Å². The quantitative estimate of drug-likeness (QED) is 0.760. The zero-order valence-electron chi connectivity index (χ0n) is 11.7. The van der Waals surface area contributed by atoms with Crippen molar-refractivity contribution in [1.82, 2.24) is 0 Å². The number of ketones is 1. The molecule has 0 saturated heterocycles. The molecule has 0 N–H and O–H groups in total. The van der Waals surface area contributed by atoms with Crippen LogP contribution in [0, 0.1) is 0 Å². The number of carbonyl (C=O) groups is 1. The van der Waals surface area contributed by atoms with Gasteiger partial charge >= 0.3 is 0 Å². The topological polar surface area (TPSA) is 17.1 Å². The molecule has 1 nitrogen and oxygen atoms in total. The first-order valence-corrected chi connectivity index (χ1v) is 7.46. The largest absolute Gasteiger partial charge is 0.300 e. The number of benzene rings is 2. The molecule has 0 amide bonds. The average Bonchev–Trinajstić information content (AvgIpc) is 2.46. The summed E-state index contributed by atoms with van der Waals surface area (Å²) < 4.78 is 0. The SMILES string of the molecule is O=C(CCCc1ccccc1)CC1Cc2ccccc21. The second-order valence-electron chi connectivity index (χ2n) is 5.68. The molecule has 2 aromatic carbocycles. The van der Waals surface area contributed by atoms with Crippen molar-refractivity contribution in [2.45, 2.75) is 38.0 Å². The zero-order valence-corrected chi connectivity index (χ0v) is 11.7. The van der Waals surface area contributed by atoms with Gasteiger partial charge in [0.25, 0.3) is 0 Å². The van der Waals surface area contributed by atoms with Gasteiger partial charge in [-0.3, -0.25) is 4.79 Å². The highest BCUT2D eigenvalue weighted by molar-refractivity contribution is 5.79. The Morgan fingerprint density at radius 3 is 2.55 bits per heavy atom. The molecule has 1 aliphatic carbocycles. The Hall–Kier alpha value is -1.89. The van der Waals surface area contributed by atoms with Crippen LogP contribution < -0.4 is 0 Å². The minimum Gasteiger partial charge on any atom is -0.300 e. The van der Waals surface area contributed by atoms with E-state index in [1.54, 1.807) is 0 Å². The van der Waals surface area contributed by atoms with Crippen molar-refractivity contribution in [3.8, 4) is 0 Å². The smallest absolute Gasteiger partial charge is 0.133 e. The van der Waals surface area contributed by atoms with Crippen molar-refractivity contribution < 1.29 is 4.79 Å². The van der Waals surface area contributed by atoms with Crippen molar-refractivity contribution in [3.63, 3.8) is 0 Å². The molecule has 0 aliphatic heterocycles. The van der Waals surface area contributed by atoms with Gasteiger partial charge in [-0.25, -0.2) is 0 Å². The maximum Gasteiger partial charge on any atom is 0.133 e. The van der Waals surface area contributed by atoms with Gasteiger partial charge in [0.05, 0.1) is 0 Å². The summed E-state index contributed by atoms with van der Waals surface area (Å²) in [5.74, 6) is 0.899. The number of rotatable bonds is 6. The molecule has 20 heavy (non-hydrogen) atoms. The number of Topliss-reactive ketones (excluding diaryl/α,β-unsaturated/α-hetero) is 1. The zero-order chi connectivity index (χ0) is 13.8. The van der Waals surface area contributed by atoms with Crippen LogP contribution in [0.2, 0.25) is 0 Å². The molecular formula is C19H20O. The molecule has 1 aliphatic rings. The van der Waals surface area contributed by atoms with Crippen LogP contribution in [0.15, 0.2) is 54.6 Å². The number of carbonyl (C=O) groups excluding carboxylic acids is 1. The van der Waals surface area contributed by atoms with Gasteiger partial charge in [0.2, 0.25) is 0 Å². The molecule has 0 fully saturated rings. The minimum atomic E-state index is 0.417. The van der Waals surface area contributed by atoms with Crippen LogP contribution in [0.1, 0.15) is 41.9 Å². The highest BCUT2D eigenvalue weighted by atomic mass is 16.1. The first-order valence-electron chi connectivity index (χ1n) is 7.46. The fourth-order valence-corrected chi connectivity index (χ4v) is 3.06. The molecule has 3 rings (SSSR count). The summed E-state index contributed by atoms with van der Waals surface area (Å²) in [5, 5.41) is 0. The molecule has 1 unspecified atom stereocenters. The molecule has 0 radical (unpaired) electrons. The Bertz CT molecular complexity index is 586. The highest BCUT2D eigenvalue weighted by Gasteiger charge is 2.26. The molecule has 0 bridgehead atoms. The third-order valence-corrected chi connectivity index (χ3v) is 4.20. The second kappa shape index (κ2) is 6.04. The van der Waals surface area contributed by atoms with E-state index in [1.807, 2.05) is 6.07 Å². The van der Waals surface area contributed by atoms with Gasteiger partial charge < -0.3 is 0 Å². The Labute approximate surface area is 120 Å². The van der Waals surface area contributed by atoms with E-state index in [4.69, 9.17) is 0 Å². The molecule has 0 heterocycles. The fourth-order valence-electron chi connectivity index (χ4n) is 3.06. The third-order valence-electron chi connectivity index (χ3n) is 4.20. The average molecular weight is 264 g/mol. The van der Waals surface area contributed by atoms with E-state index in [1.165, 1.54) is 16.7 Å². The first kappa shape index (κ1) is 13.1. The number of aryl methyl sites for hydroxylation is 1. The Morgan fingerprint density at radius 1 is 1.00 bits per heavy atom. The highest BCUT2D eigenvalue weighted by Crippen LogP contribution is 2.37. The van der Waals surface area contributed by atoms with E-state index >= 15 is 0 Å². The third kappa shape index (κ3) is 2.98. The summed E-state index contributed by atoms with van der Waals surface area (Å²) in [6.45, 7) is 0. The lowest BCUT2D eigenvalue weighted by atomic mass is 9.75. The van der Waals surface area contributed by atoms with Gasteiger partial charge in [0.15, 0.2) is 0 Å². The lowest BCUT2D eigenvalue weighted by molar-refractivity contribution is -0.119. The minimum absolute atomic E-state index is 0.417. The fraction of sp³-hybridized carbons (Fsp3) is 0.316. The standard InChI is InChI=1S/C19H20O/c20-18(11-6-9-15-7-2-1-3-8-15)14-17-13-16-10-4-5-12-19(16)17/h1-5,7-8,10,12,17H,6,9,11,13-14H2. The number of hydrogen-bond acceptors (Lipinski definition) is 1. The summed E-state index contributed by atoms with van der Waals surface area (Å²) in [6, 6.07) is 18.9. The van der Waals surface area contributed by atoms with Gasteiger partial charge in [0, 0.05) is 12.8 Å². The van der Waals surface area contributed by atoms with Crippen molar-refractivity contribution in [2.75, 3.05) is 0 Å². The lowest BCUT2D eigenvalue weighted by Crippen LogP contribution is -2.20. The Morgan fingerprint density at radius 2 is 1.75 bits per heavy atom. The van der Waals surface area contributed by atoms with E-state index in [2.05, 4.69) is 48.5 Å².